The van der Waals surface area contributed by atoms with Gasteiger partial charge in [0.15, 0.2) is 5.78 Å². The molecule has 2 aliphatic rings. The van der Waals surface area contributed by atoms with Crippen molar-refractivity contribution in [1.82, 2.24) is 0 Å². The highest BCUT2D eigenvalue weighted by Crippen LogP contribution is 2.36. The average Bonchev–Trinajstić information content (AvgIpc) is 2.77. The Labute approximate surface area is 197 Å². The summed E-state index contributed by atoms with van der Waals surface area (Å²) in [5, 5.41) is 11.1. The van der Waals surface area contributed by atoms with Crippen LogP contribution in [0.25, 0.3) is 0 Å². The third-order valence-electron chi connectivity index (χ3n) is 8.79. The molecule has 0 spiro atoms. The van der Waals surface area contributed by atoms with Crippen LogP contribution in [0.3, 0.4) is 0 Å². The quantitative estimate of drug-likeness (QED) is 0.267. The minimum atomic E-state index is -0.431. The van der Waals surface area contributed by atoms with Gasteiger partial charge in [-0.3, -0.25) is 9.59 Å². The first-order valence-electron chi connectivity index (χ1n) is 13.7. The van der Waals surface area contributed by atoms with E-state index in [1.807, 2.05) is 6.92 Å². The van der Waals surface area contributed by atoms with E-state index in [1.54, 1.807) is 0 Å². The highest BCUT2D eigenvalue weighted by atomic mass is 16.3. The summed E-state index contributed by atoms with van der Waals surface area (Å²) in [6.07, 6.45) is 15.7. The van der Waals surface area contributed by atoms with Gasteiger partial charge in [0.05, 0.1) is 6.10 Å². The van der Waals surface area contributed by atoms with Crippen molar-refractivity contribution in [2.75, 3.05) is 0 Å². The summed E-state index contributed by atoms with van der Waals surface area (Å²) < 4.78 is 0. The van der Waals surface area contributed by atoms with Gasteiger partial charge in [0, 0.05) is 12.3 Å². The van der Waals surface area contributed by atoms with Crippen LogP contribution in [0.2, 0.25) is 0 Å². The molecule has 5 atom stereocenters. The van der Waals surface area contributed by atoms with Gasteiger partial charge in [-0.05, 0) is 73.7 Å². The lowest BCUT2D eigenvalue weighted by Crippen LogP contribution is -2.33. The zero-order valence-corrected chi connectivity index (χ0v) is 21.6. The molecule has 0 bridgehead atoms. The summed E-state index contributed by atoms with van der Waals surface area (Å²) in [5.74, 6) is 1.37. The minimum Gasteiger partial charge on any atom is -0.388 e. The second-order valence-corrected chi connectivity index (χ2v) is 11.3. The van der Waals surface area contributed by atoms with E-state index in [-0.39, 0.29) is 29.3 Å². The van der Waals surface area contributed by atoms with Gasteiger partial charge >= 0.3 is 0 Å². The van der Waals surface area contributed by atoms with Crippen molar-refractivity contribution in [3.8, 4) is 0 Å². The second kappa shape index (κ2) is 13.7. The standard InChI is InChI=1S/C29H50O3/c1-6-23-14-16-25(17-15-23)28(31)22(5)26(20(2)3)18-19-27(30)29(32)21(4)24-12-10-8-7-9-11-13-24/h16,20-24,26,28,31H,6-15,17-19H2,1-5H3/t21?,22-,23-,26?,28?/m1/s1. The van der Waals surface area contributed by atoms with E-state index in [4.69, 9.17) is 0 Å². The van der Waals surface area contributed by atoms with Gasteiger partial charge in [-0.15, -0.1) is 0 Å². The lowest BCUT2D eigenvalue weighted by Gasteiger charge is -2.34. The fourth-order valence-corrected chi connectivity index (χ4v) is 6.20. The third kappa shape index (κ3) is 7.82. The number of aliphatic hydroxyl groups is 1. The zero-order chi connectivity index (χ0) is 23.7. The van der Waals surface area contributed by atoms with Gasteiger partial charge in [0.25, 0.3) is 0 Å². The van der Waals surface area contributed by atoms with Crippen LogP contribution >= 0.6 is 0 Å². The van der Waals surface area contributed by atoms with E-state index in [2.05, 4.69) is 33.8 Å². The number of allylic oxidation sites excluding steroid dienone is 1. The maximum absolute atomic E-state index is 12.9. The summed E-state index contributed by atoms with van der Waals surface area (Å²) in [4.78, 5) is 25.8. The molecule has 2 rings (SSSR count). The Hall–Kier alpha value is -0.960. The first-order chi connectivity index (χ1) is 15.3. The normalized spacial score (nSPS) is 24.7. The van der Waals surface area contributed by atoms with Gasteiger partial charge in [0.2, 0.25) is 5.78 Å². The largest absolute Gasteiger partial charge is 0.388 e. The molecule has 3 heteroatoms. The van der Waals surface area contributed by atoms with Crippen LogP contribution in [0.1, 0.15) is 118 Å². The van der Waals surface area contributed by atoms with Gasteiger partial charge in [-0.25, -0.2) is 0 Å². The molecule has 0 heterocycles. The van der Waals surface area contributed by atoms with Crippen LogP contribution in [-0.2, 0) is 9.59 Å². The molecule has 3 nitrogen and oxygen atoms in total. The molecule has 0 aromatic rings. The summed E-state index contributed by atoms with van der Waals surface area (Å²) in [5.41, 5.74) is 1.19. The van der Waals surface area contributed by atoms with Gasteiger partial charge in [-0.1, -0.05) is 79.2 Å². The molecule has 184 valence electrons. The van der Waals surface area contributed by atoms with Crippen LogP contribution in [-0.4, -0.2) is 22.8 Å². The first kappa shape index (κ1) is 27.3. The Morgan fingerprint density at radius 2 is 1.62 bits per heavy atom. The molecule has 0 aromatic heterocycles. The third-order valence-corrected chi connectivity index (χ3v) is 8.79. The monoisotopic (exact) mass is 446 g/mol. The van der Waals surface area contributed by atoms with Crippen molar-refractivity contribution in [3.63, 3.8) is 0 Å². The molecule has 0 amide bonds. The topological polar surface area (TPSA) is 54.4 Å². The molecule has 32 heavy (non-hydrogen) atoms. The number of Topliss-reactive ketones (excluding diaryl/α,β-unsaturated/α-hetero) is 2. The number of carbonyl (C=O) groups excluding carboxylic acids is 2. The summed E-state index contributed by atoms with van der Waals surface area (Å²) >= 11 is 0. The van der Waals surface area contributed by atoms with Crippen LogP contribution < -0.4 is 0 Å². The number of hydrogen-bond acceptors (Lipinski definition) is 3. The van der Waals surface area contributed by atoms with E-state index >= 15 is 0 Å². The van der Waals surface area contributed by atoms with Crippen LogP contribution in [0.15, 0.2) is 11.6 Å². The molecule has 1 fully saturated rings. The van der Waals surface area contributed by atoms with Gasteiger partial charge < -0.3 is 5.11 Å². The lowest BCUT2D eigenvalue weighted by atomic mass is 9.73. The Morgan fingerprint density at radius 1 is 1.00 bits per heavy atom. The highest BCUT2D eigenvalue weighted by Gasteiger charge is 2.33. The van der Waals surface area contributed by atoms with Crippen LogP contribution in [0.5, 0.6) is 0 Å². The molecular weight excluding hydrogens is 396 g/mol. The molecule has 3 unspecified atom stereocenters. The van der Waals surface area contributed by atoms with E-state index in [1.165, 1.54) is 50.5 Å². The highest BCUT2D eigenvalue weighted by molar-refractivity contribution is 6.37. The number of carbonyl (C=O) groups is 2. The van der Waals surface area contributed by atoms with Gasteiger partial charge in [0.1, 0.15) is 0 Å². The Balaban J connectivity index is 1.92. The average molecular weight is 447 g/mol. The summed E-state index contributed by atoms with van der Waals surface area (Å²) in [6.45, 7) is 10.7. The van der Waals surface area contributed by atoms with Crippen molar-refractivity contribution in [1.29, 1.82) is 0 Å². The van der Waals surface area contributed by atoms with Gasteiger partial charge in [-0.2, -0.15) is 0 Å². The van der Waals surface area contributed by atoms with Crippen molar-refractivity contribution in [2.45, 2.75) is 124 Å². The second-order valence-electron chi connectivity index (χ2n) is 11.3. The fourth-order valence-electron chi connectivity index (χ4n) is 6.20. The Kier molecular flexibility index (Phi) is 11.7. The van der Waals surface area contributed by atoms with E-state index in [0.717, 1.165) is 31.6 Å². The number of ketones is 2. The van der Waals surface area contributed by atoms with Crippen molar-refractivity contribution >= 4 is 11.6 Å². The minimum absolute atomic E-state index is 0.102. The fraction of sp³-hybridized carbons (Fsp3) is 0.862. The summed E-state index contributed by atoms with van der Waals surface area (Å²) in [6, 6.07) is 0. The molecule has 0 saturated heterocycles. The van der Waals surface area contributed by atoms with E-state index < -0.39 is 6.10 Å². The molecule has 0 aromatic carbocycles. The maximum Gasteiger partial charge on any atom is 0.201 e. The summed E-state index contributed by atoms with van der Waals surface area (Å²) in [7, 11) is 0. The molecule has 2 aliphatic carbocycles. The number of rotatable bonds is 11. The van der Waals surface area contributed by atoms with E-state index in [0.29, 0.717) is 24.7 Å². The predicted molar refractivity (Wildman–Crippen MR) is 133 cm³/mol. The van der Waals surface area contributed by atoms with Crippen molar-refractivity contribution in [2.24, 2.45) is 35.5 Å². The van der Waals surface area contributed by atoms with Crippen molar-refractivity contribution in [3.05, 3.63) is 11.6 Å². The molecule has 0 aliphatic heterocycles. The molecule has 1 saturated carbocycles. The smallest absolute Gasteiger partial charge is 0.201 e. The maximum atomic E-state index is 12.9. The Bertz CT molecular complexity index is 612. The molecular formula is C29H50O3. The zero-order valence-electron chi connectivity index (χ0n) is 21.6. The molecule has 1 N–H and O–H groups in total. The SMILES string of the molecule is CC[C@@H]1CC=C(C(O)[C@H](C)C(CCC(=O)C(=O)C(C)C2CCCCCCC2)C(C)C)CC1. The van der Waals surface area contributed by atoms with Crippen LogP contribution in [0, 0.1) is 35.5 Å². The van der Waals surface area contributed by atoms with Crippen LogP contribution in [0.4, 0.5) is 0 Å². The Morgan fingerprint density at radius 3 is 2.16 bits per heavy atom. The molecule has 0 radical (unpaired) electrons. The number of aliphatic hydroxyl groups excluding tert-OH is 1. The number of hydrogen-bond donors (Lipinski definition) is 1. The predicted octanol–water partition coefficient (Wildman–Crippen LogP) is 7.31. The van der Waals surface area contributed by atoms with E-state index in [9.17, 15) is 14.7 Å². The lowest BCUT2D eigenvalue weighted by molar-refractivity contribution is -0.140. The van der Waals surface area contributed by atoms with Crippen molar-refractivity contribution < 1.29 is 14.7 Å². The first-order valence-corrected chi connectivity index (χ1v) is 13.7.